The summed E-state index contributed by atoms with van der Waals surface area (Å²) in [6.45, 7) is 0. The molecule has 4 aromatic rings. The molecule has 0 fully saturated rings. The van der Waals surface area contributed by atoms with Crippen molar-refractivity contribution in [2.75, 3.05) is 16.4 Å². The summed E-state index contributed by atoms with van der Waals surface area (Å²) in [6.07, 6.45) is 0. The van der Waals surface area contributed by atoms with Crippen LogP contribution in [0.2, 0.25) is 0 Å². The van der Waals surface area contributed by atoms with Gasteiger partial charge in [-0.2, -0.15) is 0 Å². The van der Waals surface area contributed by atoms with E-state index < -0.39 is 23.4 Å². The Balaban J connectivity index is 1.58. The lowest BCUT2D eigenvalue weighted by Gasteiger charge is -2.24. The molecule has 35 heavy (non-hydrogen) atoms. The lowest BCUT2D eigenvalue weighted by Crippen LogP contribution is -2.27. The Labute approximate surface area is 200 Å². The molecular formula is C28H19N3O4. The Hall–Kier alpha value is -5.04. The number of rotatable bonds is 4. The first-order chi connectivity index (χ1) is 17.0. The third-order valence-electron chi connectivity index (χ3n) is 5.80. The number of nitrogen functional groups attached to an aromatic ring is 1. The number of nitrogens with two attached hydrogens (primary N) is 1. The fourth-order valence-electron chi connectivity index (χ4n) is 4.12. The van der Waals surface area contributed by atoms with E-state index in [-0.39, 0.29) is 39.3 Å². The summed E-state index contributed by atoms with van der Waals surface area (Å²) in [5.41, 5.74) is 7.59. The Morgan fingerprint density at radius 1 is 0.543 bits per heavy atom. The molecule has 1 aliphatic carbocycles. The minimum absolute atomic E-state index is 0.00630. The van der Waals surface area contributed by atoms with Gasteiger partial charge in [-0.1, -0.05) is 48.5 Å². The van der Waals surface area contributed by atoms with Crippen LogP contribution < -0.4 is 16.4 Å². The lowest BCUT2D eigenvalue weighted by atomic mass is 9.81. The molecular weight excluding hydrogens is 442 g/mol. The van der Waals surface area contributed by atoms with E-state index in [1.165, 1.54) is 18.2 Å². The number of nitrogens with one attached hydrogen (secondary N) is 2. The van der Waals surface area contributed by atoms with Gasteiger partial charge in [0.05, 0.1) is 28.1 Å². The molecule has 5 rings (SSSR count). The van der Waals surface area contributed by atoms with Crippen LogP contribution in [0.1, 0.15) is 52.6 Å². The molecule has 1 aliphatic rings. The summed E-state index contributed by atoms with van der Waals surface area (Å²) in [5.74, 6) is -1.84. The molecule has 0 heterocycles. The molecule has 0 saturated heterocycles. The van der Waals surface area contributed by atoms with Gasteiger partial charge in [-0.15, -0.1) is 0 Å². The van der Waals surface area contributed by atoms with E-state index in [0.717, 1.165) is 0 Å². The first kappa shape index (κ1) is 21.8. The van der Waals surface area contributed by atoms with Gasteiger partial charge in [-0.05, 0) is 42.5 Å². The van der Waals surface area contributed by atoms with E-state index in [2.05, 4.69) is 10.6 Å². The van der Waals surface area contributed by atoms with Crippen molar-refractivity contribution in [1.82, 2.24) is 0 Å². The van der Waals surface area contributed by atoms with Crippen LogP contribution in [0.5, 0.6) is 0 Å². The molecule has 0 aromatic heterocycles. The van der Waals surface area contributed by atoms with Crippen LogP contribution in [0, 0.1) is 0 Å². The van der Waals surface area contributed by atoms with E-state index in [1.54, 1.807) is 72.8 Å². The van der Waals surface area contributed by atoms with Crippen molar-refractivity contribution in [2.45, 2.75) is 0 Å². The number of benzene rings is 4. The zero-order valence-corrected chi connectivity index (χ0v) is 18.4. The van der Waals surface area contributed by atoms with Crippen molar-refractivity contribution in [3.8, 4) is 0 Å². The van der Waals surface area contributed by atoms with Gasteiger partial charge in [0.25, 0.3) is 11.8 Å². The van der Waals surface area contributed by atoms with Crippen LogP contribution in [0.4, 0.5) is 17.1 Å². The Morgan fingerprint density at radius 2 is 1.09 bits per heavy atom. The predicted octanol–water partition coefficient (Wildman–Crippen LogP) is 4.55. The van der Waals surface area contributed by atoms with Gasteiger partial charge in [0, 0.05) is 22.4 Å². The van der Waals surface area contributed by atoms with Crippen molar-refractivity contribution in [2.24, 2.45) is 0 Å². The van der Waals surface area contributed by atoms with Crippen LogP contribution in [0.15, 0.2) is 91.0 Å². The normalized spacial score (nSPS) is 11.9. The third-order valence-corrected chi connectivity index (χ3v) is 5.80. The zero-order valence-electron chi connectivity index (χ0n) is 18.4. The highest BCUT2D eigenvalue weighted by molar-refractivity contribution is 6.34. The summed E-state index contributed by atoms with van der Waals surface area (Å²) in [7, 11) is 0. The Morgan fingerprint density at radius 3 is 1.66 bits per heavy atom. The van der Waals surface area contributed by atoms with E-state index in [0.29, 0.717) is 11.1 Å². The lowest BCUT2D eigenvalue weighted by molar-refractivity contribution is 0.0979. The summed E-state index contributed by atoms with van der Waals surface area (Å²) >= 11 is 0. The number of fused-ring (bicyclic) bond motifs is 2. The monoisotopic (exact) mass is 461 g/mol. The minimum atomic E-state index is -0.519. The maximum Gasteiger partial charge on any atom is 0.255 e. The van der Waals surface area contributed by atoms with Gasteiger partial charge in [0.1, 0.15) is 0 Å². The first-order valence-corrected chi connectivity index (χ1v) is 10.8. The highest BCUT2D eigenvalue weighted by Crippen LogP contribution is 2.38. The zero-order chi connectivity index (χ0) is 24.5. The smallest absolute Gasteiger partial charge is 0.255 e. The summed E-state index contributed by atoms with van der Waals surface area (Å²) in [6, 6.07) is 24.7. The van der Waals surface area contributed by atoms with E-state index in [4.69, 9.17) is 5.73 Å². The first-order valence-electron chi connectivity index (χ1n) is 10.8. The standard InChI is InChI=1S/C28H19N3O4/c29-19-14-15-21(31-28(35)17-10-5-2-6-11-17)24-23(19)25(32)18-12-7-13-20(22(18)26(24)33)30-27(34)16-8-3-1-4-9-16/h1-15H,29H2,(H,30,34)(H,31,35). The molecule has 0 saturated carbocycles. The quantitative estimate of drug-likeness (QED) is 0.339. The van der Waals surface area contributed by atoms with Gasteiger partial charge < -0.3 is 16.4 Å². The number of carbonyl (C=O) groups excluding carboxylic acids is 4. The molecule has 2 amide bonds. The van der Waals surface area contributed by atoms with Crippen molar-refractivity contribution in [3.63, 3.8) is 0 Å². The van der Waals surface area contributed by atoms with E-state index in [9.17, 15) is 19.2 Å². The molecule has 0 bridgehead atoms. The average molecular weight is 461 g/mol. The van der Waals surface area contributed by atoms with Crippen LogP contribution >= 0.6 is 0 Å². The highest BCUT2D eigenvalue weighted by atomic mass is 16.2. The van der Waals surface area contributed by atoms with Gasteiger partial charge in [-0.25, -0.2) is 0 Å². The van der Waals surface area contributed by atoms with E-state index >= 15 is 0 Å². The van der Waals surface area contributed by atoms with Gasteiger partial charge >= 0.3 is 0 Å². The maximum absolute atomic E-state index is 13.8. The molecule has 0 aliphatic heterocycles. The molecule has 7 nitrogen and oxygen atoms in total. The average Bonchev–Trinajstić information content (AvgIpc) is 2.89. The SMILES string of the molecule is Nc1ccc(NC(=O)c2ccccc2)c2c1C(=O)c1cccc(NC(=O)c3ccccc3)c1C2=O. The van der Waals surface area contributed by atoms with Crippen LogP contribution in [-0.2, 0) is 0 Å². The second kappa shape index (κ2) is 8.72. The van der Waals surface area contributed by atoms with Crippen molar-refractivity contribution in [1.29, 1.82) is 0 Å². The molecule has 0 spiro atoms. The van der Waals surface area contributed by atoms with Crippen LogP contribution in [0.25, 0.3) is 0 Å². The maximum atomic E-state index is 13.8. The summed E-state index contributed by atoms with van der Waals surface area (Å²) in [5, 5.41) is 5.46. The van der Waals surface area contributed by atoms with E-state index in [1.807, 2.05) is 0 Å². The Bertz CT molecular complexity index is 1510. The molecule has 4 aromatic carbocycles. The highest BCUT2D eigenvalue weighted by Gasteiger charge is 2.36. The van der Waals surface area contributed by atoms with Crippen LogP contribution in [-0.4, -0.2) is 23.4 Å². The minimum Gasteiger partial charge on any atom is -0.398 e. The van der Waals surface area contributed by atoms with Crippen molar-refractivity contribution >= 4 is 40.4 Å². The van der Waals surface area contributed by atoms with Crippen molar-refractivity contribution in [3.05, 3.63) is 124 Å². The molecule has 0 atom stereocenters. The number of ketones is 2. The fraction of sp³-hybridized carbons (Fsp3) is 0. The van der Waals surface area contributed by atoms with Gasteiger partial charge in [0.2, 0.25) is 0 Å². The molecule has 7 heteroatoms. The molecule has 170 valence electrons. The molecule has 4 N–H and O–H groups in total. The third kappa shape index (κ3) is 3.85. The fourth-order valence-corrected chi connectivity index (χ4v) is 4.12. The second-order valence-electron chi connectivity index (χ2n) is 7.98. The number of carbonyl (C=O) groups is 4. The van der Waals surface area contributed by atoms with Gasteiger partial charge in [0.15, 0.2) is 11.6 Å². The van der Waals surface area contributed by atoms with Gasteiger partial charge in [-0.3, -0.25) is 19.2 Å². The summed E-state index contributed by atoms with van der Waals surface area (Å²) < 4.78 is 0. The number of hydrogen-bond donors (Lipinski definition) is 3. The van der Waals surface area contributed by atoms with Crippen molar-refractivity contribution < 1.29 is 19.2 Å². The predicted molar refractivity (Wildman–Crippen MR) is 133 cm³/mol. The largest absolute Gasteiger partial charge is 0.398 e. The second-order valence-corrected chi connectivity index (χ2v) is 7.98. The number of anilines is 3. The number of hydrogen-bond acceptors (Lipinski definition) is 5. The Kier molecular flexibility index (Phi) is 5.43. The molecule has 0 unspecified atom stereocenters. The molecule has 0 radical (unpaired) electrons. The number of amides is 2. The van der Waals surface area contributed by atoms with Crippen LogP contribution in [0.3, 0.4) is 0 Å². The topological polar surface area (TPSA) is 118 Å². The summed E-state index contributed by atoms with van der Waals surface area (Å²) in [4.78, 5) is 52.8.